The number of fused-ring (bicyclic) bond motifs is 3. The fourth-order valence-electron chi connectivity index (χ4n) is 4.05. The van der Waals surface area contributed by atoms with E-state index in [1.54, 1.807) is 0 Å². The number of rotatable bonds is 5. The minimum Gasteiger partial charge on any atom is -0.508 e. The molecule has 4 rings (SSSR count). The summed E-state index contributed by atoms with van der Waals surface area (Å²) in [6.45, 7) is 2.22. The van der Waals surface area contributed by atoms with Crippen molar-refractivity contribution in [3.63, 3.8) is 0 Å². The number of benzene rings is 3. The van der Waals surface area contributed by atoms with E-state index in [2.05, 4.69) is 55.5 Å². The zero-order chi connectivity index (χ0) is 17.2. The van der Waals surface area contributed by atoms with Gasteiger partial charge >= 0.3 is 0 Å². The van der Waals surface area contributed by atoms with Crippen LogP contribution in [0.5, 0.6) is 5.75 Å². The third-order valence-corrected chi connectivity index (χ3v) is 5.32. The number of phenols is 1. The molecule has 0 atom stereocenters. The fourth-order valence-corrected chi connectivity index (χ4v) is 4.05. The Hall–Kier alpha value is -2.54. The van der Waals surface area contributed by atoms with Gasteiger partial charge in [-0.25, -0.2) is 0 Å². The first-order valence-corrected chi connectivity index (χ1v) is 9.31. The molecular formula is C24H24O. The minimum absolute atomic E-state index is 0.432. The molecule has 0 aliphatic heterocycles. The summed E-state index contributed by atoms with van der Waals surface area (Å²) in [6.07, 6.45) is 5.43. The molecule has 1 aliphatic carbocycles. The van der Waals surface area contributed by atoms with E-state index in [0.29, 0.717) is 5.75 Å². The number of aromatic hydroxyl groups is 1. The first-order chi connectivity index (χ1) is 12.3. The van der Waals surface area contributed by atoms with Crippen LogP contribution in [0.1, 0.15) is 42.9 Å². The molecule has 0 saturated carbocycles. The number of hydrogen-bond acceptors (Lipinski definition) is 1. The van der Waals surface area contributed by atoms with E-state index in [-0.39, 0.29) is 0 Å². The van der Waals surface area contributed by atoms with E-state index in [1.807, 2.05) is 12.1 Å². The molecule has 0 fully saturated rings. The van der Waals surface area contributed by atoms with Gasteiger partial charge in [-0.2, -0.15) is 0 Å². The van der Waals surface area contributed by atoms with Gasteiger partial charge in [0.15, 0.2) is 0 Å². The van der Waals surface area contributed by atoms with E-state index in [0.717, 1.165) is 24.8 Å². The quantitative estimate of drug-likeness (QED) is 0.422. The van der Waals surface area contributed by atoms with Gasteiger partial charge in [0.2, 0.25) is 0 Å². The van der Waals surface area contributed by atoms with Crippen LogP contribution in [0.3, 0.4) is 0 Å². The summed E-state index contributed by atoms with van der Waals surface area (Å²) in [5.74, 6) is 0.432. The van der Waals surface area contributed by atoms with E-state index < -0.39 is 0 Å². The Morgan fingerprint density at radius 3 is 2.28 bits per heavy atom. The van der Waals surface area contributed by atoms with E-state index >= 15 is 0 Å². The van der Waals surface area contributed by atoms with Crippen molar-refractivity contribution in [3.05, 3.63) is 77.4 Å². The minimum atomic E-state index is 0.432. The second-order valence-corrected chi connectivity index (χ2v) is 6.93. The highest BCUT2D eigenvalue weighted by Crippen LogP contribution is 2.43. The lowest BCUT2D eigenvalue weighted by Gasteiger charge is -2.15. The average molecular weight is 328 g/mol. The standard InChI is InChI=1S/C24H24O/c1-2-3-4-11-22-20(14-8-15-24(22)25)21-13-7-12-19-18-10-6-5-9-17(18)16-23(19)21/h5-10,12-15,25H,2-4,11,16H2,1H3. The van der Waals surface area contributed by atoms with Crippen molar-refractivity contribution in [1.82, 2.24) is 0 Å². The van der Waals surface area contributed by atoms with Crippen LogP contribution in [0.2, 0.25) is 0 Å². The van der Waals surface area contributed by atoms with Crippen LogP contribution in [0.15, 0.2) is 60.7 Å². The summed E-state index contributed by atoms with van der Waals surface area (Å²) in [5, 5.41) is 10.5. The lowest BCUT2D eigenvalue weighted by Crippen LogP contribution is -1.95. The normalized spacial score (nSPS) is 12.0. The molecule has 1 nitrogen and oxygen atoms in total. The molecule has 3 aromatic rings. The van der Waals surface area contributed by atoms with Crippen molar-refractivity contribution in [1.29, 1.82) is 0 Å². The molecular weight excluding hydrogens is 304 g/mol. The van der Waals surface area contributed by atoms with Gasteiger partial charge < -0.3 is 5.11 Å². The molecule has 3 aromatic carbocycles. The molecule has 0 bridgehead atoms. The Bertz CT molecular complexity index is 908. The first-order valence-electron chi connectivity index (χ1n) is 9.31. The van der Waals surface area contributed by atoms with E-state index in [1.165, 1.54) is 46.2 Å². The highest BCUT2D eigenvalue weighted by Gasteiger charge is 2.22. The average Bonchev–Trinajstić information content (AvgIpc) is 3.02. The Morgan fingerprint density at radius 1 is 0.760 bits per heavy atom. The maximum Gasteiger partial charge on any atom is 0.119 e. The Labute approximate surface area is 150 Å². The highest BCUT2D eigenvalue weighted by molar-refractivity contribution is 5.86. The molecule has 0 unspecified atom stereocenters. The molecule has 0 radical (unpaired) electrons. The van der Waals surface area contributed by atoms with Crippen LogP contribution in [0, 0.1) is 0 Å². The summed E-state index contributed by atoms with van der Waals surface area (Å²) in [7, 11) is 0. The topological polar surface area (TPSA) is 20.2 Å². The Kier molecular flexibility index (Phi) is 4.31. The SMILES string of the molecule is CCCCCc1c(O)cccc1-c1cccc2c1Cc1ccccc1-2. The zero-order valence-corrected chi connectivity index (χ0v) is 14.8. The van der Waals surface area contributed by atoms with Gasteiger partial charge in [-0.15, -0.1) is 0 Å². The summed E-state index contributed by atoms with van der Waals surface area (Å²) >= 11 is 0. The van der Waals surface area contributed by atoms with Crippen molar-refractivity contribution in [2.45, 2.75) is 39.0 Å². The third-order valence-electron chi connectivity index (χ3n) is 5.32. The largest absolute Gasteiger partial charge is 0.508 e. The first kappa shape index (κ1) is 16.0. The number of phenolic OH excluding ortho intramolecular Hbond substituents is 1. The highest BCUT2D eigenvalue weighted by atomic mass is 16.3. The van der Waals surface area contributed by atoms with Gasteiger partial charge in [-0.3, -0.25) is 0 Å². The third kappa shape index (κ3) is 2.84. The van der Waals surface area contributed by atoms with Crippen molar-refractivity contribution in [2.75, 3.05) is 0 Å². The second-order valence-electron chi connectivity index (χ2n) is 6.93. The van der Waals surface area contributed by atoms with Crippen molar-refractivity contribution in [3.8, 4) is 28.0 Å². The zero-order valence-electron chi connectivity index (χ0n) is 14.8. The van der Waals surface area contributed by atoms with Crippen LogP contribution < -0.4 is 0 Å². The van der Waals surface area contributed by atoms with Crippen molar-refractivity contribution < 1.29 is 5.11 Å². The summed E-state index contributed by atoms with van der Waals surface area (Å²) < 4.78 is 0. The molecule has 0 saturated heterocycles. The molecule has 1 heteroatoms. The van der Waals surface area contributed by atoms with Crippen LogP contribution in [-0.2, 0) is 12.8 Å². The van der Waals surface area contributed by atoms with Crippen LogP contribution in [0.4, 0.5) is 0 Å². The lowest BCUT2D eigenvalue weighted by molar-refractivity contribution is 0.467. The summed E-state index contributed by atoms with van der Waals surface area (Å²) in [6, 6.07) is 21.2. The van der Waals surface area contributed by atoms with Crippen molar-refractivity contribution >= 4 is 0 Å². The molecule has 0 spiro atoms. The van der Waals surface area contributed by atoms with Crippen LogP contribution in [-0.4, -0.2) is 5.11 Å². The number of unbranched alkanes of at least 4 members (excludes halogenated alkanes) is 2. The maximum atomic E-state index is 10.5. The van der Waals surface area contributed by atoms with Gasteiger partial charge in [0.05, 0.1) is 0 Å². The molecule has 0 aromatic heterocycles. The monoisotopic (exact) mass is 328 g/mol. The van der Waals surface area contributed by atoms with Gasteiger partial charge in [0.1, 0.15) is 5.75 Å². The molecule has 0 amide bonds. The van der Waals surface area contributed by atoms with Crippen molar-refractivity contribution in [2.24, 2.45) is 0 Å². The molecule has 0 heterocycles. The maximum absolute atomic E-state index is 10.5. The van der Waals surface area contributed by atoms with Gasteiger partial charge in [0, 0.05) is 5.56 Å². The van der Waals surface area contributed by atoms with Gasteiger partial charge in [-0.1, -0.05) is 74.4 Å². The predicted octanol–water partition coefficient (Wildman–Crippen LogP) is 6.36. The van der Waals surface area contributed by atoms with Crippen LogP contribution in [0.25, 0.3) is 22.3 Å². The van der Waals surface area contributed by atoms with Gasteiger partial charge in [0.25, 0.3) is 0 Å². The smallest absolute Gasteiger partial charge is 0.119 e. The van der Waals surface area contributed by atoms with Gasteiger partial charge in [-0.05, 0) is 58.7 Å². The van der Waals surface area contributed by atoms with E-state index in [4.69, 9.17) is 0 Å². The summed E-state index contributed by atoms with van der Waals surface area (Å²) in [4.78, 5) is 0. The number of hydrogen-bond donors (Lipinski definition) is 1. The molecule has 1 aliphatic rings. The molecule has 1 N–H and O–H groups in total. The fraction of sp³-hybridized carbons (Fsp3) is 0.250. The van der Waals surface area contributed by atoms with Crippen LogP contribution >= 0.6 is 0 Å². The summed E-state index contributed by atoms with van der Waals surface area (Å²) in [5.41, 5.74) is 9.06. The lowest BCUT2D eigenvalue weighted by atomic mass is 9.90. The predicted molar refractivity (Wildman–Crippen MR) is 105 cm³/mol. The van der Waals surface area contributed by atoms with E-state index in [9.17, 15) is 5.11 Å². The Balaban J connectivity index is 1.81. The Morgan fingerprint density at radius 2 is 1.44 bits per heavy atom. The molecule has 126 valence electrons. The second kappa shape index (κ2) is 6.76. The molecule has 25 heavy (non-hydrogen) atoms.